The number of hydrogen-bond acceptors (Lipinski definition) is 4. The lowest BCUT2D eigenvalue weighted by atomic mass is 10.2. The van der Waals surface area contributed by atoms with E-state index in [0.717, 1.165) is 10.5 Å². The van der Waals surface area contributed by atoms with E-state index in [1.54, 1.807) is 30.9 Å². The van der Waals surface area contributed by atoms with Crippen LogP contribution >= 0.6 is 11.8 Å². The Morgan fingerprint density at radius 3 is 2.95 bits per heavy atom. The first-order chi connectivity index (χ1) is 9.20. The predicted molar refractivity (Wildman–Crippen MR) is 75.0 cm³/mol. The number of Topliss-reactive ketones (excluding diaryl/α,β-unsaturated/α-hetero) is 1. The lowest BCUT2D eigenvalue weighted by molar-refractivity contribution is 0.101. The standard InChI is InChI=1S/C15H12N2OS/c1-11(18)12-4-2-6-14(8-12)19-10-13-5-3-7-17-15(13)9-16/h2-8H,10H2,1H3. The largest absolute Gasteiger partial charge is 0.295 e. The minimum Gasteiger partial charge on any atom is -0.295 e. The van der Waals surface area contributed by atoms with Gasteiger partial charge in [0.15, 0.2) is 5.78 Å². The molecule has 0 aliphatic rings. The topological polar surface area (TPSA) is 53.8 Å². The zero-order valence-electron chi connectivity index (χ0n) is 10.5. The summed E-state index contributed by atoms with van der Waals surface area (Å²) in [5, 5.41) is 8.97. The van der Waals surface area contributed by atoms with E-state index in [0.29, 0.717) is 17.0 Å². The zero-order valence-corrected chi connectivity index (χ0v) is 11.3. The Hall–Kier alpha value is -2.12. The van der Waals surface area contributed by atoms with E-state index in [1.807, 2.05) is 30.3 Å². The van der Waals surface area contributed by atoms with Crippen molar-refractivity contribution in [3.8, 4) is 6.07 Å². The van der Waals surface area contributed by atoms with Gasteiger partial charge in [-0.05, 0) is 30.7 Å². The highest BCUT2D eigenvalue weighted by molar-refractivity contribution is 7.98. The van der Waals surface area contributed by atoms with E-state index >= 15 is 0 Å². The molecule has 0 amide bonds. The molecule has 0 aliphatic carbocycles. The van der Waals surface area contributed by atoms with Crippen molar-refractivity contribution < 1.29 is 4.79 Å². The molecule has 94 valence electrons. The number of pyridine rings is 1. The molecule has 0 fully saturated rings. The van der Waals surface area contributed by atoms with Gasteiger partial charge in [0.05, 0.1) is 0 Å². The number of nitrogens with zero attached hydrogens (tertiary/aromatic N) is 2. The van der Waals surface area contributed by atoms with Crippen molar-refractivity contribution >= 4 is 17.5 Å². The highest BCUT2D eigenvalue weighted by Gasteiger charge is 2.05. The summed E-state index contributed by atoms with van der Waals surface area (Å²) in [4.78, 5) is 16.4. The smallest absolute Gasteiger partial charge is 0.159 e. The Morgan fingerprint density at radius 2 is 2.21 bits per heavy atom. The third-order valence-corrected chi connectivity index (χ3v) is 3.67. The van der Waals surface area contributed by atoms with E-state index in [9.17, 15) is 4.79 Å². The molecule has 0 N–H and O–H groups in total. The van der Waals surface area contributed by atoms with Crippen molar-refractivity contribution in [2.45, 2.75) is 17.6 Å². The maximum absolute atomic E-state index is 11.3. The van der Waals surface area contributed by atoms with Crippen LogP contribution in [0, 0.1) is 11.3 Å². The summed E-state index contributed by atoms with van der Waals surface area (Å²) in [6, 6.07) is 13.3. The molecule has 1 aromatic heterocycles. The van der Waals surface area contributed by atoms with E-state index in [1.165, 1.54) is 0 Å². The molecular formula is C15H12N2OS. The minimum absolute atomic E-state index is 0.0570. The first-order valence-electron chi connectivity index (χ1n) is 5.78. The molecule has 1 heterocycles. The highest BCUT2D eigenvalue weighted by atomic mass is 32.2. The molecule has 1 aromatic carbocycles. The Balaban J connectivity index is 2.13. The summed E-state index contributed by atoms with van der Waals surface area (Å²) in [5.74, 6) is 0.722. The fraction of sp³-hybridized carbons (Fsp3) is 0.133. The first kappa shape index (κ1) is 13.3. The SMILES string of the molecule is CC(=O)c1cccc(SCc2cccnc2C#N)c1. The van der Waals surface area contributed by atoms with Crippen molar-refractivity contribution in [1.29, 1.82) is 5.26 Å². The molecule has 0 saturated heterocycles. The van der Waals surface area contributed by atoms with Crippen LogP contribution in [-0.4, -0.2) is 10.8 Å². The lowest BCUT2D eigenvalue weighted by Gasteiger charge is -2.04. The van der Waals surface area contributed by atoms with Crippen molar-refractivity contribution in [3.63, 3.8) is 0 Å². The second-order valence-electron chi connectivity index (χ2n) is 4.00. The molecule has 0 aliphatic heterocycles. The second kappa shape index (κ2) is 6.17. The van der Waals surface area contributed by atoms with Crippen molar-refractivity contribution in [1.82, 2.24) is 4.98 Å². The van der Waals surface area contributed by atoms with Crippen LogP contribution in [0.1, 0.15) is 28.5 Å². The number of nitriles is 1. The number of rotatable bonds is 4. The van der Waals surface area contributed by atoms with Crippen LogP contribution < -0.4 is 0 Å². The molecule has 2 rings (SSSR count). The van der Waals surface area contributed by atoms with Crippen molar-refractivity contribution in [2.24, 2.45) is 0 Å². The van der Waals surface area contributed by atoms with Gasteiger partial charge >= 0.3 is 0 Å². The summed E-state index contributed by atoms with van der Waals surface area (Å²) in [6.07, 6.45) is 1.61. The average Bonchev–Trinajstić information content (AvgIpc) is 2.45. The van der Waals surface area contributed by atoms with E-state index < -0.39 is 0 Å². The fourth-order valence-corrected chi connectivity index (χ4v) is 2.56. The van der Waals surface area contributed by atoms with Gasteiger partial charge < -0.3 is 0 Å². The van der Waals surface area contributed by atoms with E-state index in [4.69, 9.17) is 5.26 Å². The molecular weight excluding hydrogens is 256 g/mol. The Morgan fingerprint density at radius 1 is 1.37 bits per heavy atom. The molecule has 0 unspecified atom stereocenters. The van der Waals surface area contributed by atoms with Gasteiger partial charge in [0, 0.05) is 22.4 Å². The molecule has 3 nitrogen and oxygen atoms in total. The van der Waals surface area contributed by atoms with Crippen molar-refractivity contribution in [2.75, 3.05) is 0 Å². The number of thioether (sulfide) groups is 1. The molecule has 4 heteroatoms. The molecule has 0 atom stereocenters. The van der Waals surface area contributed by atoms with Crippen LogP contribution in [0.5, 0.6) is 0 Å². The van der Waals surface area contributed by atoms with Crippen LogP contribution in [0.4, 0.5) is 0 Å². The van der Waals surface area contributed by atoms with E-state index in [-0.39, 0.29) is 5.78 Å². The molecule has 19 heavy (non-hydrogen) atoms. The predicted octanol–water partition coefficient (Wildman–Crippen LogP) is 3.45. The number of aromatic nitrogens is 1. The normalized spacial score (nSPS) is 9.89. The zero-order chi connectivity index (χ0) is 13.7. The van der Waals surface area contributed by atoms with Gasteiger partial charge in [-0.3, -0.25) is 4.79 Å². The summed E-state index contributed by atoms with van der Waals surface area (Å²) < 4.78 is 0. The van der Waals surface area contributed by atoms with Gasteiger partial charge in [-0.2, -0.15) is 5.26 Å². The second-order valence-corrected chi connectivity index (χ2v) is 5.04. The Kier molecular flexibility index (Phi) is 4.32. The van der Waals surface area contributed by atoms with Gasteiger partial charge in [0.2, 0.25) is 0 Å². The van der Waals surface area contributed by atoms with Crippen LogP contribution in [0.15, 0.2) is 47.5 Å². The summed E-state index contributed by atoms with van der Waals surface area (Å²) in [6.45, 7) is 1.55. The minimum atomic E-state index is 0.0570. The van der Waals surface area contributed by atoms with Crippen molar-refractivity contribution in [3.05, 3.63) is 59.4 Å². The Bertz CT molecular complexity index is 647. The van der Waals surface area contributed by atoms with E-state index in [2.05, 4.69) is 11.1 Å². The monoisotopic (exact) mass is 268 g/mol. The third kappa shape index (κ3) is 3.43. The van der Waals surface area contributed by atoms with Crippen LogP contribution in [0.2, 0.25) is 0 Å². The quantitative estimate of drug-likeness (QED) is 0.629. The van der Waals surface area contributed by atoms with Crippen LogP contribution in [0.25, 0.3) is 0 Å². The van der Waals surface area contributed by atoms with Gasteiger partial charge in [0.25, 0.3) is 0 Å². The molecule has 2 aromatic rings. The number of carbonyl (C=O) groups is 1. The van der Waals surface area contributed by atoms with Crippen LogP contribution in [0.3, 0.4) is 0 Å². The van der Waals surface area contributed by atoms with Gasteiger partial charge in [-0.25, -0.2) is 4.98 Å². The maximum atomic E-state index is 11.3. The summed E-state index contributed by atoms with van der Waals surface area (Å²) in [5.41, 5.74) is 2.07. The molecule has 0 spiro atoms. The fourth-order valence-electron chi connectivity index (χ4n) is 1.62. The average molecular weight is 268 g/mol. The summed E-state index contributed by atoms with van der Waals surface area (Å²) >= 11 is 1.59. The number of carbonyl (C=O) groups excluding carboxylic acids is 1. The first-order valence-corrected chi connectivity index (χ1v) is 6.77. The number of benzene rings is 1. The molecule has 0 radical (unpaired) electrons. The maximum Gasteiger partial charge on any atom is 0.159 e. The van der Waals surface area contributed by atoms with Gasteiger partial charge in [-0.1, -0.05) is 18.2 Å². The molecule has 0 bridgehead atoms. The van der Waals surface area contributed by atoms with Gasteiger partial charge in [-0.15, -0.1) is 11.8 Å². The van der Waals surface area contributed by atoms with Crippen LogP contribution in [-0.2, 0) is 5.75 Å². The number of ketones is 1. The third-order valence-electron chi connectivity index (χ3n) is 2.63. The Labute approximate surface area is 116 Å². The lowest BCUT2D eigenvalue weighted by Crippen LogP contribution is -1.92. The van der Waals surface area contributed by atoms with Gasteiger partial charge in [0.1, 0.15) is 11.8 Å². The summed E-state index contributed by atoms with van der Waals surface area (Å²) in [7, 11) is 0. The highest BCUT2D eigenvalue weighted by Crippen LogP contribution is 2.24. The molecule has 0 saturated carbocycles. The number of hydrogen-bond donors (Lipinski definition) is 0.